The number of imidazole rings is 1. The molecule has 0 bridgehead atoms. The first-order valence-corrected chi connectivity index (χ1v) is 8.86. The first kappa shape index (κ1) is 17.3. The molecule has 6 heteroatoms. The predicted molar refractivity (Wildman–Crippen MR) is 98.7 cm³/mol. The number of fused-ring (bicyclic) bond motifs is 1. The zero-order chi connectivity index (χ0) is 18.8. The molecule has 27 heavy (non-hydrogen) atoms. The van der Waals surface area contributed by atoms with E-state index in [9.17, 15) is 9.18 Å². The maximum absolute atomic E-state index is 14.4. The number of hydrogen-bond acceptors (Lipinski definition) is 3. The molecule has 138 valence electrons. The van der Waals surface area contributed by atoms with E-state index in [0.29, 0.717) is 24.4 Å². The molecule has 1 N–H and O–H groups in total. The summed E-state index contributed by atoms with van der Waals surface area (Å²) in [6.07, 6.45) is 4.00. The average Bonchev–Trinajstić information content (AvgIpc) is 3.12. The molecule has 4 rings (SSSR count). The van der Waals surface area contributed by atoms with Crippen LogP contribution in [0.5, 0.6) is 5.75 Å². The standard InChI is InChI=1S/C21H20FN3O2/c1-25-11-10-23-20(25)19(16-7-3-4-8-17(16)22)24-21(26)15-12-14-6-2-5-9-18(14)27-13-15/h2-11,15,19H,12-13H2,1H3,(H,24,26). The summed E-state index contributed by atoms with van der Waals surface area (Å²) in [5.74, 6) is 0.494. The molecule has 0 radical (unpaired) electrons. The highest BCUT2D eigenvalue weighted by atomic mass is 19.1. The Kier molecular flexibility index (Phi) is 4.62. The van der Waals surface area contributed by atoms with Crippen molar-refractivity contribution in [1.29, 1.82) is 0 Å². The summed E-state index contributed by atoms with van der Waals surface area (Å²) >= 11 is 0. The fourth-order valence-corrected chi connectivity index (χ4v) is 3.40. The second kappa shape index (κ2) is 7.23. The summed E-state index contributed by atoms with van der Waals surface area (Å²) in [5.41, 5.74) is 1.39. The van der Waals surface area contributed by atoms with Crippen LogP contribution in [0.15, 0.2) is 60.9 Å². The van der Waals surface area contributed by atoms with Gasteiger partial charge in [-0.25, -0.2) is 9.37 Å². The number of amides is 1. The zero-order valence-corrected chi connectivity index (χ0v) is 14.9. The smallest absolute Gasteiger partial charge is 0.227 e. The van der Waals surface area contributed by atoms with Crippen molar-refractivity contribution in [3.63, 3.8) is 0 Å². The third kappa shape index (κ3) is 3.43. The highest BCUT2D eigenvalue weighted by Gasteiger charge is 2.30. The summed E-state index contributed by atoms with van der Waals surface area (Å²) in [4.78, 5) is 17.3. The van der Waals surface area contributed by atoms with Crippen LogP contribution in [0, 0.1) is 11.7 Å². The number of carbonyl (C=O) groups is 1. The van der Waals surface area contributed by atoms with Crippen LogP contribution in [-0.4, -0.2) is 22.1 Å². The van der Waals surface area contributed by atoms with Crippen LogP contribution >= 0.6 is 0 Å². The lowest BCUT2D eigenvalue weighted by Gasteiger charge is -2.27. The normalized spacial score (nSPS) is 16.9. The first-order chi connectivity index (χ1) is 13.1. The molecule has 2 atom stereocenters. The molecule has 0 fully saturated rings. The highest BCUT2D eigenvalue weighted by molar-refractivity contribution is 5.80. The van der Waals surface area contributed by atoms with Crippen LogP contribution in [0.1, 0.15) is 23.0 Å². The zero-order valence-electron chi connectivity index (χ0n) is 14.9. The Labute approximate surface area is 156 Å². The van der Waals surface area contributed by atoms with Crippen LogP contribution in [-0.2, 0) is 18.3 Å². The Morgan fingerprint density at radius 1 is 1.26 bits per heavy atom. The number of halogens is 1. The molecule has 1 aliphatic rings. The Balaban J connectivity index is 1.60. The predicted octanol–water partition coefficient (Wildman–Crippen LogP) is 3.02. The van der Waals surface area contributed by atoms with Crippen LogP contribution < -0.4 is 10.1 Å². The van der Waals surface area contributed by atoms with Gasteiger partial charge in [-0.3, -0.25) is 4.79 Å². The van der Waals surface area contributed by atoms with Crippen molar-refractivity contribution in [2.24, 2.45) is 13.0 Å². The topological polar surface area (TPSA) is 56.2 Å². The number of carbonyl (C=O) groups excluding carboxylic acids is 1. The van der Waals surface area contributed by atoms with Crippen molar-refractivity contribution in [2.75, 3.05) is 6.61 Å². The van der Waals surface area contributed by atoms with E-state index in [1.54, 1.807) is 35.2 Å². The molecule has 1 aromatic heterocycles. The number of ether oxygens (including phenoxy) is 1. The van der Waals surface area contributed by atoms with Crippen molar-refractivity contribution in [3.8, 4) is 5.75 Å². The number of nitrogens with one attached hydrogen (secondary N) is 1. The Morgan fingerprint density at radius 2 is 2.04 bits per heavy atom. The maximum atomic E-state index is 14.4. The maximum Gasteiger partial charge on any atom is 0.227 e. The molecular weight excluding hydrogens is 345 g/mol. The average molecular weight is 365 g/mol. The third-order valence-electron chi connectivity index (χ3n) is 4.87. The molecule has 5 nitrogen and oxygen atoms in total. The molecule has 1 aliphatic heterocycles. The number of para-hydroxylation sites is 1. The van der Waals surface area contributed by atoms with Gasteiger partial charge in [0.25, 0.3) is 0 Å². The van der Waals surface area contributed by atoms with Gasteiger partial charge in [0.2, 0.25) is 5.91 Å². The summed E-state index contributed by atoms with van der Waals surface area (Å²) in [7, 11) is 1.82. The lowest BCUT2D eigenvalue weighted by molar-refractivity contribution is -0.126. The van der Waals surface area contributed by atoms with Gasteiger partial charge in [-0.05, 0) is 24.1 Å². The summed E-state index contributed by atoms with van der Waals surface area (Å²) < 4.78 is 21.9. The molecule has 2 unspecified atom stereocenters. The largest absolute Gasteiger partial charge is 0.492 e. The molecule has 2 heterocycles. The number of aromatic nitrogens is 2. The Morgan fingerprint density at radius 3 is 2.81 bits per heavy atom. The van der Waals surface area contributed by atoms with Gasteiger partial charge in [0.05, 0.1) is 5.92 Å². The Bertz CT molecular complexity index is 969. The van der Waals surface area contributed by atoms with E-state index in [1.807, 2.05) is 31.3 Å². The van der Waals surface area contributed by atoms with Crippen LogP contribution in [0.25, 0.3) is 0 Å². The third-order valence-corrected chi connectivity index (χ3v) is 4.87. The molecule has 0 saturated carbocycles. The number of aryl methyl sites for hydroxylation is 1. The minimum Gasteiger partial charge on any atom is -0.492 e. The molecule has 0 spiro atoms. The van der Waals surface area contributed by atoms with E-state index in [0.717, 1.165) is 11.3 Å². The van der Waals surface area contributed by atoms with Crippen LogP contribution in [0.4, 0.5) is 4.39 Å². The van der Waals surface area contributed by atoms with E-state index in [-0.39, 0.29) is 17.6 Å². The van der Waals surface area contributed by atoms with Crippen LogP contribution in [0.2, 0.25) is 0 Å². The molecule has 0 aliphatic carbocycles. The first-order valence-electron chi connectivity index (χ1n) is 8.86. The Hall–Kier alpha value is -3.15. The van der Waals surface area contributed by atoms with E-state index >= 15 is 0 Å². The molecule has 0 saturated heterocycles. The van der Waals surface area contributed by atoms with E-state index in [1.165, 1.54) is 6.07 Å². The molecular formula is C21H20FN3O2. The summed E-state index contributed by atoms with van der Waals surface area (Å²) in [6.45, 7) is 0.299. The summed E-state index contributed by atoms with van der Waals surface area (Å²) in [6, 6.07) is 13.5. The van der Waals surface area contributed by atoms with Gasteiger partial charge in [0.15, 0.2) is 0 Å². The van der Waals surface area contributed by atoms with Gasteiger partial charge < -0.3 is 14.6 Å². The van der Waals surface area contributed by atoms with E-state index < -0.39 is 6.04 Å². The van der Waals surface area contributed by atoms with Gasteiger partial charge in [0.1, 0.15) is 30.0 Å². The van der Waals surface area contributed by atoms with Crippen LogP contribution in [0.3, 0.4) is 0 Å². The second-order valence-electron chi connectivity index (χ2n) is 6.68. The molecule has 1 amide bonds. The summed E-state index contributed by atoms with van der Waals surface area (Å²) in [5, 5.41) is 2.98. The van der Waals surface area contributed by atoms with Crippen molar-refractivity contribution in [1.82, 2.24) is 14.9 Å². The van der Waals surface area contributed by atoms with Gasteiger partial charge in [0, 0.05) is 25.0 Å². The number of nitrogens with zero attached hydrogens (tertiary/aromatic N) is 2. The lowest BCUT2D eigenvalue weighted by atomic mass is 9.95. The quantitative estimate of drug-likeness (QED) is 0.773. The highest BCUT2D eigenvalue weighted by Crippen LogP contribution is 2.28. The van der Waals surface area contributed by atoms with Crippen molar-refractivity contribution < 1.29 is 13.9 Å². The van der Waals surface area contributed by atoms with E-state index in [4.69, 9.17) is 4.74 Å². The lowest BCUT2D eigenvalue weighted by Crippen LogP contribution is -2.40. The minimum absolute atomic E-state index is 0.180. The molecule has 2 aromatic carbocycles. The fraction of sp³-hybridized carbons (Fsp3) is 0.238. The minimum atomic E-state index is -0.670. The number of rotatable bonds is 4. The number of benzene rings is 2. The monoisotopic (exact) mass is 365 g/mol. The second-order valence-corrected chi connectivity index (χ2v) is 6.68. The number of hydrogen-bond donors (Lipinski definition) is 1. The van der Waals surface area contributed by atoms with Gasteiger partial charge in [-0.2, -0.15) is 0 Å². The van der Waals surface area contributed by atoms with Crippen molar-refractivity contribution in [2.45, 2.75) is 12.5 Å². The fourth-order valence-electron chi connectivity index (χ4n) is 3.40. The van der Waals surface area contributed by atoms with E-state index in [2.05, 4.69) is 10.3 Å². The SMILES string of the molecule is Cn1ccnc1C(NC(=O)C1COc2ccccc2C1)c1ccccc1F. The van der Waals surface area contributed by atoms with Gasteiger partial charge >= 0.3 is 0 Å². The van der Waals surface area contributed by atoms with Crippen molar-refractivity contribution >= 4 is 5.91 Å². The van der Waals surface area contributed by atoms with Gasteiger partial charge in [-0.15, -0.1) is 0 Å². The van der Waals surface area contributed by atoms with Gasteiger partial charge in [-0.1, -0.05) is 36.4 Å². The molecule has 3 aromatic rings. The van der Waals surface area contributed by atoms with Crippen molar-refractivity contribution in [3.05, 3.63) is 83.7 Å².